The van der Waals surface area contributed by atoms with Gasteiger partial charge in [-0.1, -0.05) is 6.07 Å². The maximum Gasteiger partial charge on any atom is 0.0804 e. The Hall–Kier alpha value is -1.29. The first-order valence-electron chi connectivity index (χ1n) is 3.47. The smallest absolute Gasteiger partial charge is 0.0804 e. The molecule has 2 rings (SSSR count). The van der Waals surface area contributed by atoms with Crippen molar-refractivity contribution in [2.75, 3.05) is 5.73 Å². The lowest BCUT2D eigenvalue weighted by Gasteiger charge is -2.02. The Morgan fingerprint density at radius 3 is 2.67 bits per heavy atom. The lowest BCUT2D eigenvalue weighted by molar-refractivity contribution is 0.689. The van der Waals surface area contributed by atoms with Crippen LogP contribution >= 0.6 is 0 Å². The summed E-state index contributed by atoms with van der Waals surface area (Å²) in [6, 6.07) is 5.30. The summed E-state index contributed by atoms with van der Waals surface area (Å²) in [6.45, 7) is 0. The second-order valence-electron chi connectivity index (χ2n) is 2.59. The summed E-state index contributed by atoms with van der Waals surface area (Å²) in [6.07, 6.45) is 0. The Morgan fingerprint density at radius 1 is 1.25 bits per heavy atom. The molecule has 1 aliphatic heterocycles. The zero-order chi connectivity index (χ0) is 8.72. The van der Waals surface area contributed by atoms with E-state index in [0.29, 0.717) is 16.3 Å². The number of hydrogen-bond acceptors (Lipinski definition) is 3. The molecule has 12 heavy (non-hydrogen) atoms. The molecule has 1 atom stereocenters. The largest absolute Gasteiger partial charge is 0.398 e. The van der Waals surface area contributed by atoms with Gasteiger partial charge in [0.05, 0.1) is 21.4 Å². The van der Waals surface area contributed by atoms with Crippen LogP contribution in [0.15, 0.2) is 28.5 Å². The molecule has 4 heteroatoms. The third kappa shape index (κ3) is 0.848. The van der Waals surface area contributed by atoms with Gasteiger partial charge in [0, 0.05) is 16.7 Å². The monoisotopic (exact) mass is 180 g/mol. The van der Waals surface area contributed by atoms with Gasteiger partial charge in [-0.15, -0.1) is 0 Å². The van der Waals surface area contributed by atoms with E-state index >= 15 is 0 Å². The molecule has 1 heterocycles. The number of nitrogens with two attached hydrogens (primary N) is 2. The minimum atomic E-state index is -1.11. The molecule has 0 aromatic heterocycles. The van der Waals surface area contributed by atoms with Crippen LogP contribution in [0, 0.1) is 0 Å². The summed E-state index contributed by atoms with van der Waals surface area (Å²) in [4.78, 5) is 0.715. The van der Waals surface area contributed by atoms with E-state index in [9.17, 15) is 4.21 Å². The summed E-state index contributed by atoms with van der Waals surface area (Å²) in [7, 11) is -1.11. The molecule has 0 amide bonds. The van der Waals surface area contributed by atoms with Gasteiger partial charge in [-0.05, 0) is 12.1 Å². The molecule has 0 spiro atoms. The maximum absolute atomic E-state index is 11.3. The molecule has 1 aromatic rings. The van der Waals surface area contributed by atoms with Crippen molar-refractivity contribution < 1.29 is 4.21 Å². The van der Waals surface area contributed by atoms with Crippen LogP contribution in [-0.4, -0.2) is 4.21 Å². The first kappa shape index (κ1) is 7.36. The second kappa shape index (κ2) is 2.35. The highest BCUT2D eigenvalue weighted by molar-refractivity contribution is 7.88. The van der Waals surface area contributed by atoms with Crippen LogP contribution in [-0.2, 0) is 10.8 Å². The van der Waals surface area contributed by atoms with E-state index in [2.05, 4.69) is 0 Å². The summed E-state index contributed by atoms with van der Waals surface area (Å²) in [5.74, 6) is 0. The summed E-state index contributed by atoms with van der Waals surface area (Å²) in [5, 5.41) is 1.51. The average molecular weight is 180 g/mol. The van der Waals surface area contributed by atoms with Gasteiger partial charge in [0.2, 0.25) is 0 Å². The van der Waals surface area contributed by atoms with Crippen molar-refractivity contribution in [3.8, 4) is 0 Å². The summed E-state index contributed by atoms with van der Waals surface area (Å²) < 4.78 is 11.3. The molecule has 1 aliphatic rings. The number of rotatable bonds is 0. The molecule has 4 N–H and O–H groups in total. The van der Waals surface area contributed by atoms with Gasteiger partial charge in [-0.25, -0.2) is 4.21 Å². The van der Waals surface area contributed by atoms with E-state index in [-0.39, 0.29) is 0 Å². The van der Waals surface area contributed by atoms with Gasteiger partial charge in [-0.2, -0.15) is 0 Å². The van der Waals surface area contributed by atoms with Crippen molar-refractivity contribution in [1.29, 1.82) is 0 Å². The Labute approximate surface area is 72.5 Å². The number of benzene rings is 1. The van der Waals surface area contributed by atoms with Gasteiger partial charge in [0.1, 0.15) is 0 Å². The average Bonchev–Trinajstić information content (AvgIpc) is 2.29. The number of nitrogen functional groups attached to an aromatic ring is 1. The molecule has 0 saturated carbocycles. The zero-order valence-corrected chi connectivity index (χ0v) is 7.10. The zero-order valence-electron chi connectivity index (χ0n) is 6.28. The topological polar surface area (TPSA) is 69.1 Å². The van der Waals surface area contributed by atoms with Gasteiger partial charge in [0.25, 0.3) is 0 Å². The van der Waals surface area contributed by atoms with E-state index in [1.165, 1.54) is 5.41 Å². The highest BCUT2D eigenvalue weighted by Crippen LogP contribution is 2.31. The molecule has 0 radical (unpaired) electrons. The Bertz CT molecular complexity index is 398. The predicted molar refractivity (Wildman–Crippen MR) is 49.4 cm³/mol. The molecule has 0 fully saturated rings. The summed E-state index contributed by atoms with van der Waals surface area (Å²) >= 11 is 0. The fourth-order valence-electron chi connectivity index (χ4n) is 1.26. The number of fused-ring (bicyclic) bond motifs is 1. The molecule has 0 saturated heterocycles. The van der Waals surface area contributed by atoms with Gasteiger partial charge in [0.15, 0.2) is 0 Å². The second-order valence-corrected chi connectivity index (χ2v) is 3.86. The van der Waals surface area contributed by atoms with Crippen LogP contribution in [0.3, 0.4) is 0 Å². The van der Waals surface area contributed by atoms with Crippen molar-refractivity contribution in [2.24, 2.45) is 5.73 Å². The molecule has 3 nitrogen and oxygen atoms in total. The molecular weight excluding hydrogens is 172 g/mol. The van der Waals surface area contributed by atoms with E-state index in [0.717, 1.165) is 5.56 Å². The number of hydrogen-bond donors (Lipinski definition) is 2. The summed E-state index contributed by atoms with van der Waals surface area (Å²) in [5.41, 5.74) is 13.1. The molecule has 0 bridgehead atoms. The van der Waals surface area contributed by atoms with Gasteiger partial charge < -0.3 is 11.5 Å². The van der Waals surface area contributed by atoms with E-state index in [1.54, 1.807) is 18.2 Å². The highest BCUT2D eigenvalue weighted by atomic mass is 32.2. The van der Waals surface area contributed by atoms with Crippen molar-refractivity contribution >= 4 is 22.2 Å². The predicted octanol–water partition coefficient (Wildman–Crippen LogP) is 0.647. The first-order chi connectivity index (χ1) is 5.70. The van der Waals surface area contributed by atoms with Crippen LogP contribution in [0.25, 0.3) is 5.70 Å². The van der Waals surface area contributed by atoms with Crippen LogP contribution < -0.4 is 11.5 Å². The molecular formula is C8H8N2OS. The van der Waals surface area contributed by atoms with E-state index < -0.39 is 10.8 Å². The molecule has 0 aliphatic carbocycles. The fraction of sp³-hybridized carbons (Fsp3) is 0. The van der Waals surface area contributed by atoms with E-state index in [4.69, 9.17) is 11.5 Å². The van der Waals surface area contributed by atoms with Crippen LogP contribution in [0.4, 0.5) is 5.69 Å². The molecule has 62 valence electrons. The molecule has 1 aromatic carbocycles. The van der Waals surface area contributed by atoms with Crippen molar-refractivity contribution in [3.05, 3.63) is 29.2 Å². The van der Waals surface area contributed by atoms with Crippen molar-refractivity contribution in [2.45, 2.75) is 4.90 Å². The van der Waals surface area contributed by atoms with Crippen LogP contribution in [0.5, 0.6) is 0 Å². The van der Waals surface area contributed by atoms with Gasteiger partial charge >= 0.3 is 0 Å². The Morgan fingerprint density at radius 2 is 2.00 bits per heavy atom. The Kier molecular flexibility index (Phi) is 1.44. The third-order valence-electron chi connectivity index (χ3n) is 1.80. The lowest BCUT2D eigenvalue weighted by Crippen LogP contribution is -1.98. The highest BCUT2D eigenvalue weighted by Gasteiger charge is 2.19. The standard InChI is InChI=1S/C8H8N2OS/c9-5-2-1-3-7-8(5)6(10)4-12(7)11/h1-4H,9-10H2. The first-order valence-corrected chi connectivity index (χ1v) is 4.68. The normalized spacial score (nSPS) is 20.3. The quantitative estimate of drug-likeness (QED) is 0.576. The maximum atomic E-state index is 11.3. The Balaban J connectivity index is 2.77. The fourth-order valence-corrected chi connectivity index (χ4v) is 2.39. The third-order valence-corrected chi connectivity index (χ3v) is 3.04. The van der Waals surface area contributed by atoms with Crippen molar-refractivity contribution in [3.63, 3.8) is 0 Å². The van der Waals surface area contributed by atoms with Crippen LogP contribution in [0.1, 0.15) is 5.56 Å². The van der Waals surface area contributed by atoms with E-state index in [1.807, 2.05) is 0 Å². The minimum absolute atomic E-state index is 0.515. The minimum Gasteiger partial charge on any atom is -0.398 e. The number of anilines is 1. The van der Waals surface area contributed by atoms with Gasteiger partial charge in [-0.3, -0.25) is 0 Å². The molecule has 1 unspecified atom stereocenters. The SMILES string of the molecule is NC1=CS(=O)c2cccc(N)c21. The lowest BCUT2D eigenvalue weighted by atomic mass is 10.1. The van der Waals surface area contributed by atoms with Crippen LogP contribution in [0.2, 0.25) is 0 Å². The van der Waals surface area contributed by atoms with Crippen molar-refractivity contribution in [1.82, 2.24) is 0 Å².